The molecule has 1 aromatic carbocycles. The number of nitrogens with one attached hydrogen (secondary N) is 1. The predicted molar refractivity (Wildman–Crippen MR) is 108 cm³/mol. The van der Waals surface area contributed by atoms with E-state index in [1.54, 1.807) is 0 Å². The molecule has 2 aliphatic carbocycles. The lowest BCUT2D eigenvalue weighted by atomic mass is 10.0. The number of likely N-dealkylation sites (tertiary alicyclic amines) is 1. The average molecular weight is 371 g/mol. The van der Waals surface area contributed by atoms with Crippen LogP contribution in [0.5, 0.6) is 5.75 Å². The van der Waals surface area contributed by atoms with Gasteiger partial charge < -0.3 is 15.0 Å². The van der Waals surface area contributed by atoms with Crippen LogP contribution in [0.1, 0.15) is 63.4 Å². The van der Waals surface area contributed by atoms with Crippen molar-refractivity contribution in [2.45, 2.75) is 76.4 Å². The van der Waals surface area contributed by atoms with Crippen LogP contribution in [0.2, 0.25) is 0 Å². The molecule has 0 aromatic heterocycles. The zero-order chi connectivity index (χ0) is 18.5. The Balaban J connectivity index is 1.18. The predicted octanol–water partition coefficient (Wildman–Crippen LogP) is 3.93. The summed E-state index contributed by atoms with van der Waals surface area (Å²) < 4.78 is 6.09. The average Bonchev–Trinajstić information content (AvgIpc) is 3.40. The van der Waals surface area contributed by atoms with Gasteiger partial charge in [-0.3, -0.25) is 4.79 Å². The number of hydrogen-bond acceptors (Lipinski definition) is 3. The second-order valence-corrected chi connectivity index (χ2v) is 8.68. The van der Waals surface area contributed by atoms with E-state index in [4.69, 9.17) is 4.74 Å². The first-order valence-corrected chi connectivity index (χ1v) is 11.0. The van der Waals surface area contributed by atoms with Gasteiger partial charge in [0.25, 0.3) is 0 Å². The topological polar surface area (TPSA) is 41.6 Å². The number of ether oxygens (including phenoxy) is 1. The van der Waals surface area contributed by atoms with Crippen LogP contribution in [0.25, 0.3) is 0 Å². The molecule has 3 aliphatic rings. The molecule has 1 aliphatic heterocycles. The number of aryl methyl sites for hydroxylation is 1. The minimum atomic E-state index is 0.303. The Morgan fingerprint density at radius 1 is 1.07 bits per heavy atom. The van der Waals surface area contributed by atoms with Crippen molar-refractivity contribution in [3.8, 4) is 5.75 Å². The molecule has 0 bridgehead atoms. The van der Waals surface area contributed by atoms with Gasteiger partial charge in [-0.25, -0.2) is 0 Å². The largest absolute Gasteiger partial charge is 0.490 e. The maximum Gasteiger partial charge on any atom is 0.222 e. The second kappa shape index (κ2) is 9.09. The summed E-state index contributed by atoms with van der Waals surface area (Å²) in [5, 5.41) is 3.68. The van der Waals surface area contributed by atoms with Crippen molar-refractivity contribution < 1.29 is 9.53 Å². The molecule has 27 heavy (non-hydrogen) atoms. The van der Waals surface area contributed by atoms with E-state index in [1.807, 2.05) is 6.07 Å². The maximum absolute atomic E-state index is 12.6. The molecular weight excluding hydrogens is 336 g/mol. The van der Waals surface area contributed by atoms with Crippen molar-refractivity contribution in [3.05, 3.63) is 29.8 Å². The summed E-state index contributed by atoms with van der Waals surface area (Å²) in [7, 11) is 0. The van der Waals surface area contributed by atoms with E-state index in [9.17, 15) is 4.79 Å². The van der Waals surface area contributed by atoms with E-state index in [0.717, 1.165) is 44.0 Å². The lowest BCUT2D eigenvalue weighted by Gasteiger charge is -2.32. The molecule has 0 spiro atoms. The van der Waals surface area contributed by atoms with Crippen molar-refractivity contribution in [2.75, 3.05) is 19.6 Å². The molecule has 4 nitrogen and oxygen atoms in total. The summed E-state index contributed by atoms with van der Waals surface area (Å²) in [6.07, 6.45) is 11.7. The van der Waals surface area contributed by atoms with E-state index in [0.29, 0.717) is 24.5 Å². The maximum atomic E-state index is 12.6. The third-order valence-corrected chi connectivity index (χ3v) is 6.37. The van der Waals surface area contributed by atoms with Crippen LogP contribution in [-0.2, 0) is 11.2 Å². The zero-order valence-corrected chi connectivity index (χ0v) is 16.5. The highest BCUT2D eigenvalue weighted by Gasteiger charge is 2.25. The van der Waals surface area contributed by atoms with Crippen LogP contribution < -0.4 is 10.1 Å². The Labute approximate surface area is 163 Å². The first-order chi connectivity index (χ1) is 13.3. The van der Waals surface area contributed by atoms with Gasteiger partial charge in [0.1, 0.15) is 5.75 Å². The summed E-state index contributed by atoms with van der Waals surface area (Å²) >= 11 is 0. The van der Waals surface area contributed by atoms with E-state index in [-0.39, 0.29) is 0 Å². The van der Waals surface area contributed by atoms with Gasteiger partial charge in [-0.1, -0.05) is 12.1 Å². The number of rotatable bonds is 8. The highest BCUT2D eigenvalue weighted by Crippen LogP contribution is 2.28. The van der Waals surface area contributed by atoms with Crippen LogP contribution in [0.3, 0.4) is 0 Å². The van der Waals surface area contributed by atoms with E-state index in [1.165, 1.54) is 50.6 Å². The molecule has 1 saturated heterocycles. The second-order valence-electron chi connectivity index (χ2n) is 8.68. The van der Waals surface area contributed by atoms with Gasteiger partial charge in [-0.2, -0.15) is 0 Å². The Morgan fingerprint density at radius 3 is 2.59 bits per heavy atom. The Kier molecular flexibility index (Phi) is 6.33. The van der Waals surface area contributed by atoms with E-state index >= 15 is 0 Å². The molecule has 4 heteroatoms. The van der Waals surface area contributed by atoms with Crippen molar-refractivity contribution >= 4 is 5.91 Å². The molecular formula is C23H34N2O2. The highest BCUT2D eigenvalue weighted by molar-refractivity contribution is 5.76. The van der Waals surface area contributed by atoms with Gasteiger partial charge in [0.05, 0.1) is 6.10 Å². The standard InChI is InChI=1S/C23H34N2O2/c26-23(25-14-12-20(13-15-25)24-17-19-8-9-19)11-10-18-4-3-7-22(16-18)27-21-5-1-2-6-21/h3-4,7,16,19-21,24H,1-2,5-6,8-15,17H2. The Bertz CT molecular complexity index is 615. The third kappa shape index (κ3) is 5.71. The first-order valence-electron chi connectivity index (χ1n) is 11.0. The summed E-state index contributed by atoms with van der Waals surface area (Å²) in [5.41, 5.74) is 1.21. The van der Waals surface area contributed by atoms with Crippen LogP contribution in [0.15, 0.2) is 24.3 Å². The molecule has 148 valence electrons. The molecule has 1 aromatic rings. The summed E-state index contributed by atoms with van der Waals surface area (Å²) in [4.78, 5) is 14.7. The fourth-order valence-corrected chi connectivity index (χ4v) is 4.37. The minimum absolute atomic E-state index is 0.303. The lowest BCUT2D eigenvalue weighted by molar-refractivity contribution is -0.132. The van der Waals surface area contributed by atoms with Crippen molar-refractivity contribution in [2.24, 2.45) is 5.92 Å². The molecule has 0 radical (unpaired) electrons. The zero-order valence-electron chi connectivity index (χ0n) is 16.5. The molecule has 1 N–H and O–H groups in total. The molecule has 0 unspecified atom stereocenters. The normalized spacial score (nSPS) is 21.6. The fourth-order valence-electron chi connectivity index (χ4n) is 4.37. The minimum Gasteiger partial charge on any atom is -0.490 e. The number of carbonyl (C=O) groups is 1. The number of piperidine rings is 1. The van der Waals surface area contributed by atoms with Crippen LogP contribution in [0, 0.1) is 5.92 Å². The van der Waals surface area contributed by atoms with Gasteiger partial charge in [0.2, 0.25) is 5.91 Å². The fraction of sp³-hybridized carbons (Fsp3) is 0.696. The summed E-state index contributed by atoms with van der Waals surface area (Å²) in [6, 6.07) is 8.95. The molecule has 2 saturated carbocycles. The van der Waals surface area contributed by atoms with Crippen LogP contribution in [0.4, 0.5) is 0 Å². The van der Waals surface area contributed by atoms with E-state index < -0.39 is 0 Å². The molecule has 0 atom stereocenters. The van der Waals surface area contributed by atoms with Gasteiger partial charge in [0.15, 0.2) is 0 Å². The van der Waals surface area contributed by atoms with Crippen molar-refractivity contribution in [3.63, 3.8) is 0 Å². The smallest absolute Gasteiger partial charge is 0.222 e. The Hall–Kier alpha value is -1.55. The SMILES string of the molecule is O=C(CCc1cccc(OC2CCCC2)c1)N1CCC(NCC2CC2)CC1. The van der Waals surface area contributed by atoms with E-state index in [2.05, 4.69) is 28.4 Å². The quantitative estimate of drug-likeness (QED) is 0.754. The number of nitrogens with zero attached hydrogens (tertiary/aromatic N) is 1. The molecule has 3 fully saturated rings. The summed E-state index contributed by atoms with van der Waals surface area (Å²) in [5.74, 6) is 2.20. The van der Waals surface area contributed by atoms with Gasteiger partial charge in [-0.05, 0) is 87.9 Å². The molecule has 4 rings (SSSR count). The Morgan fingerprint density at radius 2 is 1.85 bits per heavy atom. The van der Waals surface area contributed by atoms with Crippen molar-refractivity contribution in [1.82, 2.24) is 10.2 Å². The molecule has 1 amide bonds. The lowest BCUT2D eigenvalue weighted by Crippen LogP contribution is -2.45. The van der Waals surface area contributed by atoms with Crippen LogP contribution >= 0.6 is 0 Å². The number of benzene rings is 1. The highest BCUT2D eigenvalue weighted by atomic mass is 16.5. The molecule has 1 heterocycles. The summed E-state index contributed by atoms with van der Waals surface area (Å²) in [6.45, 7) is 3.00. The number of hydrogen-bond donors (Lipinski definition) is 1. The van der Waals surface area contributed by atoms with Gasteiger partial charge >= 0.3 is 0 Å². The van der Waals surface area contributed by atoms with Gasteiger partial charge in [-0.15, -0.1) is 0 Å². The third-order valence-electron chi connectivity index (χ3n) is 6.37. The first kappa shape index (κ1) is 18.8. The van der Waals surface area contributed by atoms with Gasteiger partial charge in [0, 0.05) is 25.6 Å². The number of amides is 1. The van der Waals surface area contributed by atoms with Crippen LogP contribution in [-0.4, -0.2) is 42.6 Å². The number of carbonyl (C=O) groups excluding carboxylic acids is 1. The van der Waals surface area contributed by atoms with Crippen molar-refractivity contribution in [1.29, 1.82) is 0 Å². The monoisotopic (exact) mass is 370 g/mol.